The van der Waals surface area contributed by atoms with Gasteiger partial charge in [-0.1, -0.05) is 12.1 Å². The maximum atomic E-state index is 15.2. The molecule has 5 aliphatic rings. The first-order valence-corrected chi connectivity index (χ1v) is 12.8. The van der Waals surface area contributed by atoms with Gasteiger partial charge in [-0.05, 0) is 67.1 Å². The molecule has 9 nitrogen and oxygen atoms in total. The molecule has 4 fully saturated rings. The van der Waals surface area contributed by atoms with Gasteiger partial charge in [0.15, 0.2) is 0 Å². The highest BCUT2D eigenvalue weighted by Crippen LogP contribution is 2.75. The zero-order chi connectivity index (χ0) is 27.6. The smallest absolute Gasteiger partial charge is 0.407 e. The van der Waals surface area contributed by atoms with Gasteiger partial charge in [-0.3, -0.25) is 19.7 Å². The molecule has 0 aromatic heterocycles. The number of nitrogens with one attached hydrogen (secondary N) is 2. The van der Waals surface area contributed by atoms with Crippen LogP contribution < -0.4 is 15.4 Å². The maximum Gasteiger partial charge on any atom is 0.407 e. The molecule has 2 heterocycles. The van der Waals surface area contributed by atoms with Gasteiger partial charge in [0, 0.05) is 35.0 Å². The molecule has 2 aliphatic heterocycles. The molecule has 1 atom stereocenters. The van der Waals surface area contributed by atoms with Gasteiger partial charge in [0.1, 0.15) is 18.4 Å². The molecule has 3 saturated carbocycles. The lowest BCUT2D eigenvalue weighted by atomic mass is 9.37. The van der Waals surface area contributed by atoms with Crippen LogP contribution in [0.15, 0.2) is 42.5 Å². The van der Waals surface area contributed by atoms with E-state index in [1.54, 1.807) is 18.2 Å². The van der Waals surface area contributed by atoms with Crippen molar-refractivity contribution in [3.8, 4) is 5.75 Å². The lowest BCUT2D eigenvalue weighted by Crippen LogP contribution is -2.78. The number of ether oxygens (including phenoxy) is 2. The Bertz CT molecular complexity index is 1370. The Morgan fingerprint density at radius 3 is 2.51 bits per heavy atom. The van der Waals surface area contributed by atoms with Gasteiger partial charge in [0.05, 0.1) is 7.11 Å². The Labute approximate surface area is 222 Å². The summed E-state index contributed by atoms with van der Waals surface area (Å²) in [5, 5.41) is 5.02. The zero-order valence-corrected chi connectivity index (χ0v) is 21.2. The number of carbonyl (C=O) groups excluding carboxylic acids is 4. The second-order valence-electron chi connectivity index (χ2n) is 11.0. The van der Waals surface area contributed by atoms with Crippen molar-refractivity contribution in [3.63, 3.8) is 0 Å². The highest BCUT2D eigenvalue weighted by molar-refractivity contribution is 6.05. The van der Waals surface area contributed by atoms with Gasteiger partial charge in [-0.25, -0.2) is 13.6 Å². The third kappa shape index (κ3) is 4.02. The largest absolute Gasteiger partial charge is 0.497 e. The van der Waals surface area contributed by atoms with Crippen LogP contribution in [0.5, 0.6) is 5.75 Å². The number of hydrogen-bond acceptors (Lipinski definition) is 6. The fourth-order valence-electron chi connectivity index (χ4n) is 6.45. The molecule has 4 amide bonds. The fraction of sp³-hybridized carbons (Fsp3) is 0.429. The van der Waals surface area contributed by atoms with Crippen LogP contribution in [-0.2, 0) is 33.4 Å². The number of hydrogen-bond donors (Lipinski definition) is 2. The van der Waals surface area contributed by atoms with E-state index in [1.165, 1.54) is 36.3 Å². The first-order valence-electron chi connectivity index (χ1n) is 12.8. The summed E-state index contributed by atoms with van der Waals surface area (Å²) in [6, 6.07) is 10.2. The number of fused-ring (bicyclic) bond motifs is 1. The number of nitrogens with zero attached hydrogens (tertiary/aromatic N) is 1. The monoisotopic (exact) mass is 539 g/mol. The van der Waals surface area contributed by atoms with E-state index in [9.17, 15) is 19.2 Å². The number of benzene rings is 2. The molecule has 204 valence electrons. The Kier molecular flexibility index (Phi) is 5.67. The van der Waals surface area contributed by atoms with E-state index >= 15 is 8.78 Å². The van der Waals surface area contributed by atoms with Crippen LogP contribution in [0.1, 0.15) is 59.2 Å². The SMILES string of the molecule is COc1ccc(C(F)(F)C23CC(NC(=O)OCc4ccc5c(c4)C(=O)N(C4CCC(=O)NC4=O)C5)(C2)C3)cc1. The standard InChI is InChI=1S/C28H27F2N3O6/c1-38-19-6-4-18(5-7-19)28(29,30)26-13-27(14-26,15-26)32-25(37)39-12-16-2-3-17-11-33(24(36)20(17)10-16)21-8-9-22(34)31-23(21)35/h2-7,10,21H,8-9,11-15H2,1H3,(H,32,37)(H,31,34,35). The molecule has 0 spiro atoms. The highest BCUT2D eigenvalue weighted by Gasteiger charge is 2.78. The minimum Gasteiger partial charge on any atom is -0.497 e. The summed E-state index contributed by atoms with van der Waals surface area (Å²) in [4.78, 5) is 50.6. The Morgan fingerprint density at radius 1 is 1.13 bits per heavy atom. The topological polar surface area (TPSA) is 114 Å². The highest BCUT2D eigenvalue weighted by atomic mass is 19.3. The average Bonchev–Trinajstić information content (AvgIpc) is 3.19. The van der Waals surface area contributed by atoms with Crippen molar-refractivity contribution in [1.82, 2.24) is 15.5 Å². The minimum atomic E-state index is -3.02. The maximum absolute atomic E-state index is 15.2. The van der Waals surface area contributed by atoms with Gasteiger partial charge < -0.3 is 19.7 Å². The van der Waals surface area contributed by atoms with Crippen molar-refractivity contribution in [2.24, 2.45) is 5.41 Å². The zero-order valence-electron chi connectivity index (χ0n) is 21.2. The number of rotatable bonds is 7. The third-order valence-corrected chi connectivity index (χ3v) is 8.48. The van der Waals surface area contributed by atoms with Gasteiger partial charge in [-0.15, -0.1) is 0 Å². The van der Waals surface area contributed by atoms with Crippen molar-refractivity contribution in [3.05, 3.63) is 64.7 Å². The summed E-state index contributed by atoms with van der Waals surface area (Å²) < 4.78 is 40.8. The molecule has 0 radical (unpaired) electrons. The Balaban J connectivity index is 1.02. The van der Waals surface area contributed by atoms with Gasteiger partial charge in [-0.2, -0.15) is 0 Å². The molecule has 3 aliphatic carbocycles. The van der Waals surface area contributed by atoms with Crippen molar-refractivity contribution >= 4 is 23.8 Å². The molecule has 11 heteroatoms. The normalized spacial score (nSPS) is 27.2. The van der Waals surface area contributed by atoms with Crippen LogP contribution in [0, 0.1) is 5.41 Å². The average molecular weight is 540 g/mol. The Hall–Kier alpha value is -4.02. The number of carbonyl (C=O) groups is 4. The number of methoxy groups -OCH3 is 1. The molecular formula is C28H27F2N3O6. The summed E-state index contributed by atoms with van der Waals surface area (Å²) in [5.41, 5.74) is -0.186. The van der Waals surface area contributed by atoms with Crippen molar-refractivity contribution < 1.29 is 37.4 Å². The third-order valence-electron chi connectivity index (χ3n) is 8.48. The molecule has 1 saturated heterocycles. The number of halogens is 2. The lowest BCUT2D eigenvalue weighted by Gasteiger charge is -2.72. The van der Waals surface area contributed by atoms with E-state index in [4.69, 9.17) is 9.47 Å². The van der Waals surface area contributed by atoms with Crippen LogP contribution in [0.25, 0.3) is 0 Å². The van der Waals surface area contributed by atoms with Crippen LogP contribution >= 0.6 is 0 Å². The van der Waals surface area contributed by atoms with Gasteiger partial charge in [0.25, 0.3) is 11.8 Å². The number of imide groups is 1. The van der Waals surface area contributed by atoms with E-state index in [-0.39, 0.29) is 62.6 Å². The molecule has 39 heavy (non-hydrogen) atoms. The van der Waals surface area contributed by atoms with Gasteiger partial charge in [0.2, 0.25) is 11.8 Å². The first-order chi connectivity index (χ1) is 18.5. The molecule has 7 rings (SSSR count). The van der Waals surface area contributed by atoms with Crippen molar-refractivity contribution in [1.29, 1.82) is 0 Å². The van der Waals surface area contributed by atoms with E-state index in [2.05, 4.69) is 10.6 Å². The number of alkyl halides is 2. The van der Waals surface area contributed by atoms with E-state index in [0.29, 0.717) is 16.9 Å². The molecule has 1 unspecified atom stereocenters. The van der Waals surface area contributed by atoms with Crippen LogP contribution in [-0.4, -0.2) is 47.4 Å². The summed E-state index contributed by atoms with van der Waals surface area (Å²) in [5.74, 6) is -3.66. The molecule has 2 N–H and O–H groups in total. The molecule has 2 aromatic carbocycles. The number of alkyl carbamates (subject to hydrolysis) is 1. The minimum absolute atomic E-state index is 0.0681. The second-order valence-corrected chi connectivity index (χ2v) is 11.0. The number of amides is 4. The summed E-state index contributed by atoms with van der Waals surface area (Å²) in [7, 11) is 1.48. The van der Waals surface area contributed by atoms with E-state index in [1.807, 2.05) is 0 Å². The molecule has 2 aromatic rings. The summed E-state index contributed by atoms with van der Waals surface area (Å²) >= 11 is 0. The number of piperidine rings is 1. The summed E-state index contributed by atoms with van der Waals surface area (Å²) in [6.45, 7) is 0.154. The fourth-order valence-corrected chi connectivity index (χ4v) is 6.45. The van der Waals surface area contributed by atoms with Crippen LogP contribution in [0.2, 0.25) is 0 Å². The quantitative estimate of drug-likeness (QED) is 0.522. The van der Waals surface area contributed by atoms with Crippen molar-refractivity contribution in [2.75, 3.05) is 7.11 Å². The predicted octanol–water partition coefficient (Wildman–Crippen LogP) is 3.40. The Morgan fingerprint density at radius 2 is 1.85 bits per heavy atom. The predicted molar refractivity (Wildman–Crippen MR) is 132 cm³/mol. The molecule has 2 bridgehead atoms. The van der Waals surface area contributed by atoms with E-state index < -0.39 is 34.9 Å². The van der Waals surface area contributed by atoms with Gasteiger partial charge >= 0.3 is 6.09 Å². The van der Waals surface area contributed by atoms with E-state index in [0.717, 1.165) is 5.56 Å². The molecular weight excluding hydrogens is 512 g/mol. The lowest BCUT2D eigenvalue weighted by molar-refractivity contribution is -0.289. The van der Waals surface area contributed by atoms with Crippen molar-refractivity contribution in [2.45, 2.75) is 62.8 Å². The second kappa shape index (κ2) is 8.75. The van der Waals surface area contributed by atoms with Crippen LogP contribution in [0.4, 0.5) is 13.6 Å². The van der Waals surface area contributed by atoms with Crippen LogP contribution in [0.3, 0.4) is 0 Å². The first kappa shape index (κ1) is 25.3. The summed E-state index contributed by atoms with van der Waals surface area (Å²) in [6.07, 6.45) is 0.239.